The van der Waals surface area contributed by atoms with Gasteiger partial charge in [0.25, 0.3) is 0 Å². The van der Waals surface area contributed by atoms with Crippen molar-refractivity contribution >= 4 is 29.3 Å². The summed E-state index contributed by atoms with van der Waals surface area (Å²) in [6, 6.07) is 8.06. The molecule has 30 heavy (non-hydrogen) atoms. The first kappa shape index (κ1) is 22.2. The average molecular weight is 431 g/mol. The number of hydrogen-bond donors (Lipinski definition) is 0. The average Bonchev–Trinajstić information content (AvgIpc) is 2.99. The van der Waals surface area contributed by atoms with Crippen LogP contribution in [0, 0.1) is 12.8 Å². The van der Waals surface area contributed by atoms with Crippen LogP contribution in [0.2, 0.25) is 5.15 Å². The predicted octanol–water partition coefficient (Wildman–Crippen LogP) is 4.26. The maximum atomic E-state index is 12.7. The molecule has 1 aliphatic heterocycles. The molecule has 0 atom stereocenters. The Morgan fingerprint density at radius 2 is 1.93 bits per heavy atom. The van der Waals surface area contributed by atoms with Gasteiger partial charge in [0.2, 0.25) is 5.91 Å². The van der Waals surface area contributed by atoms with E-state index in [1.807, 2.05) is 36.9 Å². The van der Waals surface area contributed by atoms with Crippen molar-refractivity contribution in [2.45, 2.75) is 34.2 Å². The molecule has 0 N–H and O–H groups in total. The van der Waals surface area contributed by atoms with Crippen LogP contribution in [0.4, 0.5) is 5.69 Å². The number of amides is 1. The highest BCUT2D eigenvalue weighted by molar-refractivity contribution is 6.31. The smallest absolute Gasteiger partial charge is 0.246 e. The van der Waals surface area contributed by atoms with Gasteiger partial charge >= 0.3 is 0 Å². The number of hydrogen-bond acceptors (Lipinski definition) is 4. The van der Waals surface area contributed by atoms with Gasteiger partial charge in [0.05, 0.1) is 18.0 Å². The number of anilines is 1. The Balaban J connectivity index is 1.62. The van der Waals surface area contributed by atoms with Crippen LogP contribution in [0.25, 0.3) is 6.08 Å². The molecule has 0 aliphatic carbocycles. The lowest BCUT2D eigenvalue weighted by Crippen LogP contribution is -2.48. The first-order chi connectivity index (χ1) is 14.4. The van der Waals surface area contributed by atoms with E-state index in [-0.39, 0.29) is 5.91 Å². The maximum absolute atomic E-state index is 12.7. The molecule has 0 unspecified atom stereocenters. The number of carbonyl (C=O) groups excluding carboxylic acids is 1. The van der Waals surface area contributed by atoms with Crippen molar-refractivity contribution < 1.29 is 9.53 Å². The van der Waals surface area contributed by atoms with Crippen molar-refractivity contribution in [3.05, 3.63) is 46.8 Å². The van der Waals surface area contributed by atoms with E-state index in [1.165, 1.54) is 0 Å². The minimum atomic E-state index is -0.000167. The minimum absolute atomic E-state index is 0.000167. The van der Waals surface area contributed by atoms with E-state index in [9.17, 15) is 4.79 Å². The molecule has 0 spiro atoms. The topological polar surface area (TPSA) is 50.6 Å². The quantitative estimate of drug-likeness (QED) is 0.616. The Bertz CT molecular complexity index is 899. The van der Waals surface area contributed by atoms with Crippen molar-refractivity contribution in [3.63, 3.8) is 0 Å². The fraction of sp³-hybridized carbons (Fsp3) is 0.478. The van der Waals surface area contributed by atoms with Crippen LogP contribution in [0.5, 0.6) is 5.75 Å². The second-order valence-corrected chi connectivity index (χ2v) is 8.27. The third kappa shape index (κ3) is 5.17. The van der Waals surface area contributed by atoms with Crippen LogP contribution < -0.4 is 9.64 Å². The molecule has 1 amide bonds. The lowest BCUT2D eigenvalue weighted by molar-refractivity contribution is -0.126. The summed E-state index contributed by atoms with van der Waals surface area (Å²) in [4.78, 5) is 16.9. The number of nitrogens with zero attached hydrogens (tertiary/aromatic N) is 4. The highest BCUT2D eigenvalue weighted by Gasteiger charge is 2.22. The molecule has 6 nitrogen and oxygen atoms in total. The normalized spacial score (nSPS) is 14.7. The van der Waals surface area contributed by atoms with Crippen LogP contribution in [-0.4, -0.2) is 53.4 Å². The van der Waals surface area contributed by atoms with Crippen LogP contribution in [0.3, 0.4) is 0 Å². The lowest BCUT2D eigenvalue weighted by atomic mass is 10.2. The van der Waals surface area contributed by atoms with Crippen molar-refractivity contribution in [2.75, 3.05) is 37.7 Å². The van der Waals surface area contributed by atoms with Crippen molar-refractivity contribution in [3.8, 4) is 5.75 Å². The largest absolute Gasteiger partial charge is 0.492 e. The van der Waals surface area contributed by atoms with Gasteiger partial charge in [-0.1, -0.05) is 37.6 Å². The van der Waals surface area contributed by atoms with Gasteiger partial charge in [-0.2, -0.15) is 5.10 Å². The number of piperazine rings is 1. The van der Waals surface area contributed by atoms with E-state index in [1.54, 1.807) is 16.8 Å². The van der Waals surface area contributed by atoms with Crippen LogP contribution in [-0.2, 0) is 11.3 Å². The molecule has 162 valence electrons. The summed E-state index contributed by atoms with van der Waals surface area (Å²) in [5.74, 6) is 1.34. The van der Waals surface area contributed by atoms with Crippen molar-refractivity contribution in [1.82, 2.24) is 14.7 Å². The SMILES string of the molecule is CCOc1ccccc1N1CCN(C(=O)/C=C/c2c(C)nn(CC(C)C)c2Cl)CC1. The Hall–Kier alpha value is -2.47. The molecule has 0 saturated carbocycles. The summed E-state index contributed by atoms with van der Waals surface area (Å²) in [5.41, 5.74) is 2.74. The predicted molar refractivity (Wildman–Crippen MR) is 122 cm³/mol. The molecule has 3 rings (SSSR count). The van der Waals surface area contributed by atoms with Gasteiger partial charge in [-0.25, -0.2) is 0 Å². The van der Waals surface area contributed by atoms with E-state index >= 15 is 0 Å². The zero-order chi connectivity index (χ0) is 21.7. The molecule has 1 aromatic heterocycles. The molecule has 2 heterocycles. The maximum Gasteiger partial charge on any atom is 0.246 e. The van der Waals surface area contributed by atoms with E-state index in [0.717, 1.165) is 42.3 Å². The Morgan fingerprint density at radius 1 is 1.23 bits per heavy atom. The number of rotatable bonds is 7. The van der Waals surface area contributed by atoms with Crippen molar-refractivity contribution in [2.24, 2.45) is 5.92 Å². The summed E-state index contributed by atoms with van der Waals surface area (Å²) in [6.45, 7) is 12.4. The van der Waals surface area contributed by atoms with E-state index in [4.69, 9.17) is 16.3 Å². The van der Waals surface area contributed by atoms with Gasteiger partial charge in [-0.3, -0.25) is 9.48 Å². The van der Waals surface area contributed by atoms with Crippen LogP contribution in [0.1, 0.15) is 32.0 Å². The molecule has 0 radical (unpaired) electrons. The Morgan fingerprint density at radius 3 is 2.60 bits per heavy atom. The van der Waals surface area contributed by atoms with Gasteiger partial charge in [-0.05, 0) is 38.0 Å². The fourth-order valence-electron chi connectivity index (χ4n) is 3.65. The first-order valence-electron chi connectivity index (χ1n) is 10.6. The second kappa shape index (κ2) is 10.0. The lowest BCUT2D eigenvalue weighted by Gasteiger charge is -2.36. The zero-order valence-electron chi connectivity index (χ0n) is 18.3. The molecule has 0 bridgehead atoms. The number of aryl methyl sites for hydroxylation is 1. The standard InChI is InChI=1S/C23H31ClN4O2/c1-5-30-21-9-7-6-8-20(21)26-12-14-27(15-13-26)22(29)11-10-19-18(4)25-28(23(19)24)16-17(2)3/h6-11,17H,5,12-16H2,1-4H3/b11-10+. The number of ether oxygens (including phenoxy) is 1. The molecular weight excluding hydrogens is 400 g/mol. The molecule has 7 heteroatoms. The van der Waals surface area contributed by atoms with Gasteiger partial charge in [0.1, 0.15) is 10.9 Å². The summed E-state index contributed by atoms with van der Waals surface area (Å²) in [7, 11) is 0. The Labute approximate surface area is 184 Å². The summed E-state index contributed by atoms with van der Waals surface area (Å²) < 4.78 is 7.55. The number of halogens is 1. The Kier molecular flexibility index (Phi) is 7.43. The highest BCUT2D eigenvalue weighted by Crippen LogP contribution is 2.29. The van der Waals surface area contributed by atoms with Gasteiger partial charge in [0.15, 0.2) is 0 Å². The third-order valence-corrected chi connectivity index (χ3v) is 5.54. The number of benzene rings is 1. The summed E-state index contributed by atoms with van der Waals surface area (Å²) >= 11 is 6.48. The van der Waals surface area contributed by atoms with E-state index in [0.29, 0.717) is 30.8 Å². The number of para-hydroxylation sites is 2. The van der Waals surface area contributed by atoms with Gasteiger partial charge < -0.3 is 14.5 Å². The highest BCUT2D eigenvalue weighted by atomic mass is 35.5. The van der Waals surface area contributed by atoms with Crippen molar-refractivity contribution in [1.29, 1.82) is 0 Å². The minimum Gasteiger partial charge on any atom is -0.492 e. The monoisotopic (exact) mass is 430 g/mol. The molecule has 1 saturated heterocycles. The first-order valence-corrected chi connectivity index (χ1v) is 10.9. The number of aromatic nitrogens is 2. The zero-order valence-corrected chi connectivity index (χ0v) is 19.0. The number of carbonyl (C=O) groups is 1. The second-order valence-electron chi connectivity index (χ2n) is 7.91. The van der Waals surface area contributed by atoms with E-state index < -0.39 is 0 Å². The third-order valence-electron chi connectivity index (χ3n) is 5.14. The molecule has 1 aromatic carbocycles. The fourth-order valence-corrected chi connectivity index (χ4v) is 3.95. The van der Waals surface area contributed by atoms with Gasteiger partial charge in [0, 0.05) is 44.4 Å². The van der Waals surface area contributed by atoms with Crippen LogP contribution >= 0.6 is 11.6 Å². The molecule has 2 aromatic rings. The van der Waals surface area contributed by atoms with E-state index in [2.05, 4.69) is 29.9 Å². The summed E-state index contributed by atoms with van der Waals surface area (Å²) in [5, 5.41) is 5.08. The molecule has 1 aliphatic rings. The molecular formula is C23H31ClN4O2. The molecule has 1 fully saturated rings. The summed E-state index contributed by atoms with van der Waals surface area (Å²) in [6.07, 6.45) is 3.40. The van der Waals surface area contributed by atoms with Crippen LogP contribution in [0.15, 0.2) is 30.3 Å². The van der Waals surface area contributed by atoms with Gasteiger partial charge in [-0.15, -0.1) is 0 Å².